The van der Waals surface area contributed by atoms with E-state index in [1.807, 2.05) is 30.5 Å². The van der Waals surface area contributed by atoms with Gasteiger partial charge in [-0.3, -0.25) is 9.30 Å². The van der Waals surface area contributed by atoms with Gasteiger partial charge in [0.15, 0.2) is 5.82 Å². The number of rotatable bonds is 3. The molecule has 4 heterocycles. The summed E-state index contributed by atoms with van der Waals surface area (Å²) < 4.78 is 7.29. The zero-order valence-corrected chi connectivity index (χ0v) is 14.0. The number of aromatic nitrogens is 5. The van der Waals surface area contributed by atoms with Gasteiger partial charge in [-0.1, -0.05) is 5.16 Å². The Morgan fingerprint density at radius 1 is 1.25 bits per heavy atom. The van der Waals surface area contributed by atoms with Crippen molar-refractivity contribution in [1.82, 2.24) is 29.4 Å². The summed E-state index contributed by atoms with van der Waals surface area (Å²) in [4.78, 5) is 15.5. The lowest BCUT2D eigenvalue weighted by molar-refractivity contribution is 0.168. The van der Waals surface area contributed by atoms with Gasteiger partial charge in [-0.15, -0.1) is 0 Å². The van der Waals surface area contributed by atoms with Crippen LogP contribution in [0.1, 0.15) is 41.3 Å². The van der Waals surface area contributed by atoms with Gasteiger partial charge >= 0.3 is 0 Å². The molecule has 0 saturated carbocycles. The molecule has 0 radical (unpaired) electrons. The normalized spacial score (nSPS) is 21.8. The lowest BCUT2D eigenvalue weighted by Crippen LogP contribution is -2.24. The fraction of sp³-hybridized carbons (Fsp3) is 0.500. The van der Waals surface area contributed by atoms with E-state index in [0.29, 0.717) is 37.0 Å². The number of imidazole rings is 1. The van der Waals surface area contributed by atoms with Crippen LogP contribution < -0.4 is 0 Å². The van der Waals surface area contributed by atoms with E-state index in [-0.39, 0.29) is 6.04 Å². The minimum Gasteiger partial charge on any atom is -0.392 e. The largest absolute Gasteiger partial charge is 0.392 e. The van der Waals surface area contributed by atoms with Crippen molar-refractivity contribution < 1.29 is 9.63 Å². The Balaban J connectivity index is 1.62. The third-order valence-corrected chi connectivity index (χ3v) is 4.39. The van der Waals surface area contributed by atoms with Crippen LogP contribution in [0.3, 0.4) is 0 Å². The number of fused-ring (bicyclic) bond motifs is 1. The average molecular weight is 328 g/mol. The van der Waals surface area contributed by atoms with Crippen molar-refractivity contribution in [2.45, 2.75) is 45.9 Å². The van der Waals surface area contributed by atoms with Crippen molar-refractivity contribution >= 4 is 5.78 Å². The first-order chi connectivity index (χ1) is 11.5. The molecule has 24 heavy (non-hydrogen) atoms. The van der Waals surface area contributed by atoms with Crippen molar-refractivity contribution in [2.24, 2.45) is 0 Å². The van der Waals surface area contributed by atoms with Crippen molar-refractivity contribution in [2.75, 3.05) is 6.54 Å². The van der Waals surface area contributed by atoms with E-state index in [0.717, 1.165) is 17.1 Å². The molecule has 3 aromatic rings. The zero-order valence-electron chi connectivity index (χ0n) is 14.0. The minimum atomic E-state index is -0.402. The molecule has 1 aliphatic rings. The molecule has 2 atom stereocenters. The molecule has 8 nitrogen and oxygen atoms in total. The van der Waals surface area contributed by atoms with Gasteiger partial charge in [0.25, 0.3) is 0 Å². The lowest BCUT2D eigenvalue weighted by Gasteiger charge is -2.19. The van der Waals surface area contributed by atoms with Gasteiger partial charge in [0.2, 0.25) is 11.7 Å². The van der Waals surface area contributed by atoms with Crippen LogP contribution in [-0.4, -0.2) is 47.2 Å². The van der Waals surface area contributed by atoms with E-state index < -0.39 is 6.10 Å². The topological polar surface area (TPSA) is 92.6 Å². The van der Waals surface area contributed by atoms with E-state index in [1.165, 1.54) is 0 Å². The Morgan fingerprint density at radius 2 is 2.08 bits per heavy atom. The number of aliphatic hydroxyl groups is 1. The molecule has 3 aromatic heterocycles. The Kier molecular flexibility index (Phi) is 3.58. The third-order valence-electron chi connectivity index (χ3n) is 4.39. The zero-order chi connectivity index (χ0) is 16.8. The Morgan fingerprint density at radius 3 is 2.83 bits per heavy atom. The standard InChI is InChI=1S/C16H20N6O2/c1-9-4-10(2)22-7-12(19-16(22)17-9)6-21-8-13(23)5-14(21)15-18-11(3)20-24-15/h4,7,13-14,23H,5-6,8H2,1-3H3/t13-,14+/m0/s1. The first-order valence-electron chi connectivity index (χ1n) is 8.04. The Hall–Kier alpha value is -2.32. The van der Waals surface area contributed by atoms with Gasteiger partial charge in [0.1, 0.15) is 0 Å². The molecule has 8 heteroatoms. The highest BCUT2D eigenvalue weighted by atomic mass is 16.5. The molecular weight excluding hydrogens is 308 g/mol. The lowest BCUT2D eigenvalue weighted by atomic mass is 10.2. The van der Waals surface area contributed by atoms with E-state index in [2.05, 4.69) is 25.0 Å². The Labute approximate surface area is 139 Å². The van der Waals surface area contributed by atoms with Gasteiger partial charge in [-0.2, -0.15) is 4.98 Å². The summed E-state index contributed by atoms with van der Waals surface area (Å²) in [6.07, 6.45) is 2.19. The maximum Gasteiger partial charge on any atom is 0.244 e. The third kappa shape index (κ3) is 2.67. The van der Waals surface area contributed by atoms with Gasteiger partial charge < -0.3 is 9.63 Å². The van der Waals surface area contributed by atoms with Crippen LogP contribution in [0.5, 0.6) is 0 Å². The van der Waals surface area contributed by atoms with E-state index in [9.17, 15) is 5.11 Å². The number of hydrogen-bond acceptors (Lipinski definition) is 7. The summed E-state index contributed by atoms with van der Waals surface area (Å²) in [7, 11) is 0. The highest BCUT2D eigenvalue weighted by Gasteiger charge is 2.36. The van der Waals surface area contributed by atoms with Gasteiger partial charge in [0, 0.05) is 30.7 Å². The predicted octanol–water partition coefficient (Wildman–Crippen LogP) is 1.35. The Bertz CT molecular complexity index is 886. The van der Waals surface area contributed by atoms with Crippen molar-refractivity contribution in [3.8, 4) is 0 Å². The molecule has 0 aromatic carbocycles. The van der Waals surface area contributed by atoms with Gasteiger partial charge in [0.05, 0.1) is 17.8 Å². The second kappa shape index (κ2) is 5.64. The summed E-state index contributed by atoms with van der Waals surface area (Å²) in [6, 6.07) is 1.95. The van der Waals surface area contributed by atoms with Crippen molar-refractivity contribution in [3.63, 3.8) is 0 Å². The molecule has 0 bridgehead atoms. The number of nitrogens with zero attached hydrogens (tertiary/aromatic N) is 6. The molecule has 0 amide bonds. The number of hydrogen-bond donors (Lipinski definition) is 1. The second-order valence-electron chi connectivity index (χ2n) is 6.46. The first kappa shape index (κ1) is 15.2. The van der Waals surface area contributed by atoms with E-state index in [1.54, 1.807) is 6.92 Å². The maximum atomic E-state index is 10.1. The first-order valence-corrected chi connectivity index (χ1v) is 8.04. The van der Waals surface area contributed by atoms with Crippen LogP contribution in [0, 0.1) is 20.8 Å². The van der Waals surface area contributed by atoms with E-state index >= 15 is 0 Å². The molecule has 0 aliphatic carbocycles. The second-order valence-corrected chi connectivity index (χ2v) is 6.46. The van der Waals surface area contributed by atoms with Crippen LogP contribution in [-0.2, 0) is 6.54 Å². The summed E-state index contributed by atoms with van der Waals surface area (Å²) in [6.45, 7) is 6.96. The molecule has 4 rings (SSSR count). The number of aliphatic hydroxyl groups excluding tert-OH is 1. The minimum absolute atomic E-state index is 0.0817. The van der Waals surface area contributed by atoms with Crippen LogP contribution in [0.4, 0.5) is 0 Å². The van der Waals surface area contributed by atoms with Crippen LogP contribution in [0.15, 0.2) is 16.8 Å². The predicted molar refractivity (Wildman–Crippen MR) is 85.3 cm³/mol. The SMILES string of the molecule is Cc1cc(C)n2cc(CN3C[C@@H](O)C[C@@H]3c3nc(C)no3)nc2n1. The molecule has 1 aliphatic heterocycles. The quantitative estimate of drug-likeness (QED) is 0.775. The molecule has 1 fully saturated rings. The summed E-state index contributed by atoms with van der Waals surface area (Å²) in [5.74, 6) is 1.86. The summed E-state index contributed by atoms with van der Waals surface area (Å²) in [5.41, 5.74) is 2.96. The molecular formula is C16H20N6O2. The van der Waals surface area contributed by atoms with Crippen LogP contribution >= 0.6 is 0 Å². The number of β-amino-alcohol motifs (C(OH)–C–C–N with tert-alkyl or cyclic N) is 1. The molecule has 1 saturated heterocycles. The molecule has 0 spiro atoms. The number of likely N-dealkylation sites (tertiary alicyclic amines) is 1. The number of aryl methyl sites for hydroxylation is 3. The highest BCUT2D eigenvalue weighted by molar-refractivity contribution is 5.34. The van der Waals surface area contributed by atoms with Crippen molar-refractivity contribution in [3.05, 3.63) is 41.1 Å². The summed E-state index contributed by atoms with van der Waals surface area (Å²) in [5, 5.41) is 13.9. The molecule has 126 valence electrons. The van der Waals surface area contributed by atoms with Crippen LogP contribution in [0.2, 0.25) is 0 Å². The smallest absolute Gasteiger partial charge is 0.244 e. The summed E-state index contributed by atoms with van der Waals surface area (Å²) >= 11 is 0. The van der Waals surface area contributed by atoms with E-state index in [4.69, 9.17) is 4.52 Å². The maximum absolute atomic E-state index is 10.1. The van der Waals surface area contributed by atoms with Gasteiger partial charge in [-0.25, -0.2) is 9.97 Å². The molecule has 1 N–H and O–H groups in total. The van der Waals surface area contributed by atoms with Crippen molar-refractivity contribution in [1.29, 1.82) is 0 Å². The average Bonchev–Trinajstić information content (AvgIpc) is 3.18. The highest BCUT2D eigenvalue weighted by Crippen LogP contribution is 2.32. The fourth-order valence-corrected chi connectivity index (χ4v) is 3.36. The molecule has 0 unspecified atom stereocenters. The fourth-order valence-electron chi connectivity index (χ4n) is 3.36. The monoisotopic (exact) mass is 328 g/mol. The van der Waals surface area contributed by atoms with Crippen LogP contribution in [0.25, 0.3) is 5.78 Å². The van der Waals surface area contributed by atoms with Gasteiger partial charge in [-0.05, 0) is 33.3 Å².